The summed E-state index contributed by atoms with van der Waals surface area (Å²) in [6.45, 7) is 14.5. The van der Waals surface area contributed by atoms with Gasteiger partial charge in [0.1, 0.15) is 34.7 Å². The number of imide groups is 1. The number of fused-ring (bicyclic) bond motifs is 3. The highest BCUT2D eigenvalue weighted by Crippen LogP contribution is 2.43. The molecule has 3 aliphatic heterocycles. The van der Waals surface area contributed by atoms with E-state index in [9.17, 15) is 28.4 Å². The van der Waals surface area contributed by atoms with Crippen LogP contribution >= 0.6 is 11.6 Å². The molecule has 2 aromatic heterocycles. The Morgan fingerprint density at radius 2 is 1.62 bits per heavy atom. The van der Waals surface area contributed by atoms with Crippen molar-refractivity contribution in [3.05, 3.63) is 111 Å². The van der Waals surface area contributed by atoms with E-state index in [0.29, 0.717) is 118 Å². The van der Waals surface area contributed by atoms with Gasteiger partial charge < -0.3 is 38.1 Å². The number of piperidine rings is 1. The maximum atomic E-state index is 14.8. The summed E-state index contributed by atoms with van der Waals surface area (Å²) in [7, 11) is 1.63. The van der Waals surface area contributed by atoms with Crippen LogP contribution in [0.2, 0.25) is 5.02 Å². The number of aryl methyl sites for hydroxylation is 2. The molecule has 2 saturated heterocycles. The van der Waals surface area contributed by atoms with Gasteiger partial charge in [0.2, 0.25) is 11.8 Å². The maximum Gasteiger partial charge on any atom is 0.355 e. The molecule has 0 bridgehead atoms. The molecule has 0 spiro atoms. The molecule has 76 heavy (non-hydrogen) atoms. The number of rotatable bonds is 20. The van der Waals surface area contributed by atoms with E-state index in [4.69, 9.17) is 40.4 Å². The Balaban J connectivity index is 0.958. The zero-order valence-corrected chi connectivity index (χ0v) is 44.7. The Kier molecular flexibility index (Phi) is 16.4. The van der Waals surface area contributed by atoms with Gasteiger partial charge in [0.25, 0.3) is 11.8 Å². The van der Waals surface area contributed by atoms with Crippen LogP contribution in [-0.2, 0) is 54.6 Å². The summed E-state index contributed by atoms with van der Waals surface area (Å²) in [5.41, 5.74) is 5.46. The Hall–Kier alpha value is -6.86. The maximum absolute atomic E-state index is 14.8. The largest absolute Gasteiger partial charge is 0.493 e. The van der Waals surface area contributed by atoms with E-state index in [1.54, 1.807) is 36.3 Å². The molecule has 2 fully saturated rings. The van der Waals surface area contributed by atoms with Gasteiger partial charge in [0.05, 0.1) is 55.8 Å². The lowest BCUT2D eigenvalue weighted by atomic mass is 9.98. The highest BCUT2D eigenvalue weighted by molar-refractivity contribution is 6.35. The van der Waals surface area contributed by atoms with E-state index in [1.165, 1.54) is 17.0 Å². The smallest absolute Gasteiger partial charge is 0.355 e. The minimum absolute atomic E-state index is 0.128. The number of nitrogens with one attached hydrogen (secondary N) is 1. The quantitative estimate of drug-likeness (QED) is 0.0449. The van der Waals surface area contributed by atoms with E-state index in [1.807, 2.05) is 69.6 Å². The van der Waals surface area contributed by atoms with Crippen molar-refractivity contribution >= 4 is 62.9 Å². The number of carbonyl (C=O) groups is 5. The number of ether oxygens (including phenoxy) is 5. The molecular formula is C57H65ClFN7O10. The van der Waals surface area contributed by atoms with Crippen molar-refractivity contribution in [2.45, 2.75) is 91.6 Å². The third kappa shape index (κ3) is 11.6. The second-order valence-electron chi connectivity index (χ2n) is 20.4. The molecule has 6 aromatic rings. The number of hydrogen-bond donors (Lipinski definition) is 1. The summed E-state index contributed by atoms with van der Waals surface area (Å²) < 4.78 is 47.7. The minimum atomic E-state index is -0.812. The highest BCUT2D eigenvalue weighted by atomic mass is 35.5. The number of aromatic nitrogens is 3. The molecule has 402 valence electrons. The molecule has 1 unspecified atom stereocenters. The Bertz CT molecular complexity index is 3190. The molecule has 17 nitrogen and oxygen atoms in total. The number of amides is 4. The Morgan fingerprint density at radius 1 is 0.855 bits per heavy atom. The van der Waals surface area contributed by atoms with Crippen molar-refractivity contribution in [2.75, 3.05) is 72.9 Å². The lowest BCUT2D eigenvalue weighted by Gasteiger charge is -2.35. The fraction of sp³-hybridized carbons (Fsp3) is 0.439. The minimum Gasteiger partial charge on any atom is -0.493 e. The van der Waals surface area contributed by atoms with Gasteiger partial charge in [0, 0.05) is 91.5 Å². The number of piperazine rings is 1. The summed E-state index contributed by atoms with van der Waals surface area (Å²) in [6.07, 6.45) is 1.38. The lowest BCUT2D eigenvalue weighted by Crippen LogP contribution is -2.52. The standard InChI is InChI=1S/C57H65ClFN7O10/c1-35-50(36(2)66(61-35)27-29-73-31-30-72-6)51-44(58)18-17-41-40(12-9-28-74-46-13-7-10-37-32-38(59)15-16-39(37)46)53(56(71)76-57(3,4)5)64(52(41)51)26-23-62-21-24-63(25-22-62)49(68)34-75-47-14-8-11-42-43(47)33-65(55(42)70)45-19-20-48(67)60-54(45)69/h7-8,10-11,13-18,32,45H,9,12,19-31,33-34H2,1-6H3,(H,60,67,69). The van der Waals surface area contributed by atoms with Crippen molar-refractivity contribution in [3.63, 3.8) is 0 Å². The molecule has 3 aliphatic rings. The molecule has 0 radical (unpaired) electrons. The second-order valence-corrected chi connectivity index (χ2v) is 20.8. The van der Waals surface area contributed by atoms with Crippen molar-refractivity contribution in [1.82, 2.24) is 34.4 Å². The monoisotopic (exact) mass is 1060 g/mol. The number of methoxy groups -OCH3 is 1. The number of esters is 1. The first-order chi connectivity index (χ1) is 36.5. The molecule has 4 amide bonds. The predicted molar refractivity (Wildman–Crippen MR) is 284 cm³/mol. The molecule has 1 N–H and O–H groups in total. The third-order valence-corrected chi connectivity index (χ3v) is 14.6. The van der Waals surface area contributed by atoms with Crippen LogP contribution in [0.3, 0.4) is 0 Å². The van der Waals surface area contributed by atoms with Gasteiger partial charge >= 0.3 is 5.97 Å². The van der Waals surface area contributed by atoms with Crippen LogP contribution in [0.5, 0.6) is 11.5 Å². The third-order valence-electron chi connectivity index (χ3n) is 14.3. The molecule has 4 aromatic carbocycles. The van der Waals surface area contributed by atoms with Crippen molar-refractivity contribution < 1.29 is 52.0 Å². The van der Waals surface area contributed by atoms with Gasteiger partial charge in [-0.05, 0) is 107 Å². The van der Waals surface area contributed by atoms with Crippen LogP contribution in [0.15, 0.2) is 66.7 Å². The number of nitrogens with zero attached hydrogens (tertiary/aromatic N) is 6. The fourth-order valence-electron chi connectivity index (χ4n) is 10.6. The van der Waals surface area contributed by atoms with Gasteiger partial charge in [0.15, 0.2) is 6.61 Å². The Labute approximate surface area is 446 Å². The zero-order valence-electron chi connectivity index (χ0n) is 44.0. The first-order valence-electron chi connectivity index (χ1n) is 25.9. The van der Waals surface area contributed by atoms with Crippen LogP contribution in [0.4, 0.5) is 4.39 Å². The average molecular weight is 1060 g/mol. The summed E-state index contributed by atoms with van der Waals surface area (Å²) in [5, 5.41) is 10.2. The Morgan fingerprint density at radius 3 is 2.38 bits per heavy atom. The van der Waals surface area contributed by atoms with Gasteiger partial charge in [-0.2, -0.15) is 5.10 Å². The first-order valence-corrected chi connectivity index (χ1v) is 26.3. The van der Waals surface area contributed by atoms with Crippen LogP contribution in [-0.4, -0.2) is 143 Å². The van der Waals surface area contributed by atoms with Gasteiger partial charge in [-0.3, -0.25) is 34.1 Å². The fourth-order valence-corrected chi connectivity index (χ4v) is 10.9. The average Bonchev–Trinajstić information content (AvgIpc) is 4.00. The number of halogens is 2. The van der Waals surface area contributed by atoms with Gasteiger partial charge in [-0.25, -0.2) is 9.18 Å². The van der Waals surface area contributed by atoms with Crippen molar-refractivity contribution in [3.8, 4) is 22.6 Å². The van der Waals surface area contributed by atoms with Crippen molar-refractivity contribution in [1.29, 1.82) is 0 Å². The molecular weight excluding hydrogens is 997 g/mol. The lowest BCUT2D eigenvalue weighted by molar-refractivity contribution is -0.137. The summed E-state index contributed by atoms with van der Waals surface area (Å²) in [6, 6.07) is 18.3. The highest BCUT2D eigenvalue weighted by Gasteiger charge is 2.40. The zero-order chi connectivity index (χ0) is 53.8. The van der Waals surface area contributed by atoms with Crippen LogP contribution in [0, 0.1) is 19.7 Å². The summed E-state index contributed by atoms with van der Waals surface area (Å²) in [4.78, 5) is 71.8. The summed E-state index contributed by atoms with van der Waals surface area (Å²) >= 11 is 7.32. The van der Waals surface area contributed by atoms with Gasteiger partial charge in [-0.1, -0.05) is 35.9 Å². The number of benzene rings is 4. The molecule has 0 aliphatic carbocycles. The van der Waals surface area contributed by atoms with E-state index >= 15 is 0 Å². The molecule has 19 heteroatoms. The van der Waals surface area contributed by atoms with Crippen LogP contribution < -0.4 is 14.8 Å². The first kappa shape index (κ1) is 53.9. The molecule has 9 rings (SSSR count). The normalized spacial score (nSPS) is 16.2. The predicted octanol–water partition coefficient (Wildman–Crippen LogP) is 7.68. The van der Waals surface area contributed by atoms with Crippen molar-refractivity contribution in [2.24, 2.45) is 0 Å². The number of hydrogen-bond acceptors (Lipinski definition) is 12. The van der Waals surface area contributed by atoms with E-state index in [-0.39, 0.29) is 49.5 Å². The van der Waals surface area contributed by atoms with Crippen LogP contribution in [0.25, 0.3) is 32.8 Å². The second kappa shape index (κ2) is 23.2. The van der Waals surface area contributed by atoms with E-state index in [2.05, 4.69) is 14.8 Å². The van der Waals surface area contributed by atoms with E-state index in [0.717, 1.165) is 49.8 Å². The molecule has 0 saturated carbocycles. The van der Waals surface area contributed by atoms with Crippen LogP contribution in [0.1, 0.15) is 83.4 Å². The SMILES string of the molecule is COCCOCCn1nc(C)c(-c2c(Cl)ccc3c(CCCOc4cccc5cc(F)ccc45)c(C(=O)OC(C)(C)C)n(CCN4CCN(C(=O)COc5cccc6c5CN(C5CCC(=O)NC5=O)C6=O)CC4)c23)c1C. The summed E-state index contributed by atoms with van der Waals surface area (Å²) in [5.74, 6) is -1.15. The molecule has 5 heterocycles. The number of carbonyl (C=O) groups excluding carboxylic acids is 5. The van der Waals surface area contributed by atoms with Gasteiger partial charge in [-0.15, -0.1) is 0 Å². The molecule has 1 atom stereocenters. The van der Waals surface area contributed by atoms with E-state index < -0.39 is 23.5 Å². The topological polar surface area (TPSA) is 176 Å².